The zero-order chi connectivity index (χ0) is 13.1. The summed E-state index contributed by atoms with van der Waals surface area (Å²) in [7, 11) is 1.99. The van der Waals surface area contributed by atoms with Crippen LogP contribution in [-0.2, 0) is 23.0 Å². The number of nitrogens with two attached hydrogens (primary N) is 1. The summed E-state index contributed by atoms with van der Waals surface area (Å²) in [5.74, 6) is -0.342. The molecular formula is C14H19ClN2O2. The van der Waals surface area contributed by atoms with Gasteiger partial charge in [-0.05, 0) is 18.6 Å². The number of halogens is 1. The van der Waals surface area contributed by atoms with Crippen molar-refractivity contribution in [2.75, 3.05) is 6.61 Å². The predicted octanol–water partition coefficient (Wildman–Crippen LogP) is 2.03. The zero-order valence-electron chi connectivity index (χ0n) is 11.1. The molecule has 5 heteroatoms. The summed E-state index contributed by atoms with van der Waals surface area (Å²) in [6.45, 7) is 2.14. The molecule has 0 unspecified atom stereocenters. The van der Waals surface area contributed by atoms with Crippen LogP contribution in [0.2, 0.25) is 0 Å². The van der Waals surface area contributed by atoms with Gasteiger partial charge in [-0.3, -0.25) is 4.79 Å². The van der Waals surface area contributed by atoms with Crippen molar-refractivity contribution < 1.29 is 9.53 Å². The molecule has 0 amide bonds. The van der Waals surface area contributed by atoms with E-state index in [0.717, 1.165) is 16.5 Å². The molecule has 1 atom stereocenters. The van der Waals surface area contributed by atoms with Gasteiger partial charge in [-0.15, -0.1) is 12.4 Å². The van der Waals surface area contributed by atoms with Gasteiger partial charge >= 0.3 is 5.97 Å². The standard InChI is InChI=1S/C14H18N2O2.ClH/c1-3-18-14(17)12(15)8-10-9-16(2)13-7-5-4-6-11(10)13;/h4-7,9,12H,3,8,15H2,1-2H3;1H/t12-;/m1./s1. The summed E-state index contributed by atoms with van der Waals surface area (Å²) < 4.78 is 6.97. The molecule has 0 bridgehead atoms. The molecule has 0 spiro atoms. The van der Waals surface area contributed by atoms with Crippen LogP contribution >= 0.6 is 12.4 Å². The predicted molar refractivity (Wildman–Crippen MR) is 78.5 cm³/mol. The first-order valence-electron chi connectivity index (χ1n) is 6.08. The molecule has 0 saturated heterocycles. The lowest BCUT2D eigenvalue weighted by Gasteiger charge is -2.09. The number of esters is 1. The lowest BCUT2D eigenvalue weighted by molar-refractivity contribution is -0.144. The van der Waals surface area contributed by atoms with Gasteiger partial charge in [-0.1, -0.05) is 18.2 Å². The monoisotopic (exact) mass is 282 g/mol. The molecule has 104 valence electrons. The molecule has 1 heterocycles. The molecule has 2 rings (SSSR count). The van der Waals surface area contributed by atoms with E-state index in [-0.39, 0.29) is 18.4 Å². The van der Waals surface area contributed by atoms with Crippen LogP contribution in [-0.4, -0.2) is 23.2 Å². The van der Waals surface area contributed by atoms with Crippen LogP contribution in [0.15, 0.2) is 30.5 Å². The third-order valence-electron chi connectivity index (χ3n) is 3.01. The van der Waals surface area contributed by atoms with E-state index < -0.39 is 6.04 Å². The lowest BCUT2D eigenvalue weighted by Crippen LogP contribution is -2.34. The van der Waals surface area contributed by atoms with Crippen molar-refractivity contribution in [2.45, 2.75) is 19.4 Å². The Labute approximate surface area is 118 Å². The molecule has 1 aromatic heterocycles. The second kappa shape index (κ2) is 6.59. The molecular weight excluding hydrogens is 264 g/mol. The highest BCUT2D eigenvalue weighted by atomic mass is 35.5. The summed E-state index contributed by atoms with van der Waals surface area (Å²) in [5.41, 5.74) is 8.07. The van der Waals surface area contributed by atoms with E-state index in [4.69, 9.17) is 10.5 Å². The molecule has 4 nitrogen and oxygen atoms in total. The van der Waals surface area contributed by atoms with E-state index in [1.165, 1.54) is 0 Å². The average Bonchev–Trinajstić information content (AvgIpc) is 2.67. The van der Waals surface area contributed by atoms with Crippen molar-refractivity contribution in [2.24, 2.45) is 12.8 Å². The van der Waals surface area contributed by atoms with Gasteiger partial charge in [0.2, 0.25) is 0 Å². The Balaban J connectivity index is 0.00000180. The topological polar surface area (TPSA) is 57.2 Å². The van der Waals surface area contributed by atoms with E-state index in [0.29, 0.717) is 13.0 Å². The fourth-order valence-corrected chi connectivity index (χ4v) is 2.16. The van der Waals surface area contributed by atoms with Gasteiger partial charge < -0.3 is 15.0 Å². The number of nitrogens with zero attached hydrogens (tertiary/aromatic N) is 1. The normalized spacial score (nSPS) is 11.9. The fraction of sp³-hybridized carbons (Fsp3) is 0.357. The largest absolute Gasteiger partial charge is 0.465 e. The Bertz CT molecular complexity index is 566. The first-order valence-corrected chi connectivity index (χ1v) is 6.08. The summed E-state index contributed by atoms with van der Waals surface area (Å²) in [6, 6.07) is 7.48. The molecule has 19 heavy (non-hydrogen) atoms. The van der Waals surface area contributed by atoms with Crippen LogP contribution in [0.25, 0.3) is 10.9 Å². The molecule has 0 saturated carbocycles. The highest BCUT2D eigenvalue weighted by molar-refractivity contribution is 5.85. The maximum atomic E-state index is 11.5. The van der Waals surface area contributed by atoms with Gasteiger partial charge in [0, 0.05) is 30.6 Å². The third kappa shape index (κ3) is 3.28. The van der Waals surface area contributed by atoms with E-state index >= 15 is 0 Å². The van der Waals surface area contributed by atoms with Gasteiger partial charge in [0.25, 0.3) is 0 Å². The number of hydrogen-bond acceptors (Lipinski definition) is 3. The highest BCUT2D eigenvalue weighted by Gasteiger charge is 2.17. The maximum Gasteiger partial charge on any atom is 0.323 e. The Kier molecular flexibility index (Phi) is 5.39. The third-order valence-corrected chi connectivity index (χ3v) is 3.01. The van der Waals surface area contributed by atoms with Gasteiger partial charge in [-0.25, -0.2) is 0 Å². The van der Waals surface area contributed by atoms with Crippen LogP contribution in [0.1, 0.15) is 12.5 Å². The number of aryl methyl sites for hydroxylation is 1. The Hall–Kier alpha value is -1.52. The second-order valence-corrected chi connectivity index (χ2v) is 4.35. The first kappa shape index (κ1) is 15.5. The molecule has 0 aliphatic heterocycles. The number of hydrogen-bond donors (Lipinski definition) is 1. The summed E-state index contributed by atoms with van der Waals surface area (Å²) >= 11 is 0. The van der Waals surface area contributed by atoms with E-state index in [9.17, 15) is 4.79 Å². The van der Waals surface area contributed by atoms with Crippen molar-refractivity contribution in [3.05, 3.63) is 36.0 Å². The molecule has 0 aliphatic carbocycles. The van der Waals surface area contributed by atoms with E-state index in [1.807, 2.05) is 36.0 Å². The lowest BCUT2D eigenvalue weighted by atomic mass is 10.1. The van der Waals surface area contributed by atoms with Crippen molar-refractivity contribution in [1.82, 2.24) is 4.57 Å². The Morgan fingerprint density at radius 3 is 2.79 bits per heavy atom. The minimum Gasteiger partial charge on any atom is -0.465 e. The number of carbonyl (C=O) groups is 1. The van der Waals surface area contributed by atoms with Crippen molar-refractivity contribution >= 4 is 29.3 Å². The quantitative estimate of drug-likeness (QED) is 0.873. The van der Waals surface area contributed by atoms with Crippen LogP contribution < -0.4 is 5.73 Å². The van der Waals surface area contributed by atoms with E-state index in [1.54, 1.807) is 6.92 Å². The second-order valence-electron chi connectivity index (χ2n) is 4.35. The Morgan fingerprint density at radius 2 is 2.11 bits per heavy atom. The van der Waals surface area contributed by atoms with Crippen LogP contribution in [0, 0.1) is 0 Å². The minimum atomic E-state index is -0.601. The number of rotatable bonds is 4. The number of aromatic nitrogens is 1. The van der Waals surface area contributed by atoms with Crippen LogP contribution in [0.5, 0.6) is 0 Å². The zero-order valence-corrected chi connectivity index (χ0v) is 11.9. The van der Waals surface area contributed by atoms with Gasteiger partial charge in [-0.2, -0.15) is 0 Å². The molecule has 0 fully saturated rings. The molecule has 2 aromatic rings. The fourth-order valence-electron chi connectivity index (χ4n) is 2.16. The maximum absolute atomic E-state index is 11.5. The van der Waals surface area contributed by atoms with Gasteiger partial charge in [0.05, 0.1) is 6.61 Å². The van der Waals surface area contributed by atoms with Crippen molar-refractivity contribution in [1.29, 1.82) is 0 Å². The SMILES string of the molecule is CCOC(=O)[C@H](N)Cc1cn(C)c2ccccc12.Cl. The number of fused-ring (bicyclic) bond motifs is 1. The average molecular weight is 283 g/mol. The van der Waals surface area contributed by atoms with Crippen LogP contribution in [0.3, 0.4) is 0 Å². The number of ether oxygens (including phenoxy) is 1. The molecule has 1 aromatic carbocycles. The molecule has 2 N–H and O–H groups in total. The van der Waals surface area contributed by atoms with Crippen molar-refractivity contribution in [3.63, 3.8) is 0 Å². The Morgan fingerprint density at radius 1 is 1.42 bits per heavy atom. The number of benzene rings is 1. The number of carbonyl (C=O) groups excluding carboxylic acids is 1. The van der Waals surface area contributed by atoms with Gasteiger partial charge in [0.15, 0.2) is 0 Å². The summed E-state index contributed by atoms with van der Waals surface area (Å²) in [4.78, 5) is 11.5. The summed E-state index contributed by atoms with van der Waals surface area (Å²) in [5, 5.41) is 1.14. The highest BCUT2D eigenvalue weighted by Crippen LogP contribution is 2.21. The molecule has 0 aliphatic rings. The number of para-hydroxylation sites is 1. The van der Waals surface area contributed by atoms with E-state index in [2.05, 4.69) is 6.07 Å². The van der Waals surface area contributed by atoms with Crippen molar-refractivity contribution in [3.8, 4) is 0 Å². The first-order chi connectivity index (χ1) is 8.63. The van der Waals surface area contributed by atoms with Crippen LogP contribution in [0.4, 0.5) is 0 Å². The molecule has 0 radical (unpaired) electrons. The minimum absolute atomic E-state index is 0. The smallest absolute Gasteiger partial charge is 0.323 e. The summed E-state index contributed by atoms with van der Waals surface area (Å²) in [6.07, 6.45) is 2.52. The van der Waals surface area contributed by atoms with Gasteiger partial charge in [0.1, 0.15) is 6.04 Å².